The molecule has 1 unspecified atom stereocenters. The van der Waals surface area contributed by atoms with Crippen molar-refractivity contribution in [2.45, 2.75) is 38.7 Å². The summed E-state index contributed by atoms with van der Waals surface area (Å²) in [6.45, 7) is 2.95. The van der Waals surface area contributed by atoms with Gasteiger partial charge in [0, 0.05) is 7.11 Å². The van der Waals surface area contributed by atoms with Gasteiger partial charge in [-0.15, -0.1) is 0 Å². The van der Waals surface area contributed by atoms with Crippen LogP contribution in [0.3, 0.4) is 0 Å². The molecule has 0 heterocycles. The molecule has 0 radical (unpaired) electrons. The maximum atomic E-state index is 5.72. The topological polar surface area (TPSA) is 35.2 Å². The van der Waals surface area contributed by atoms with Crippen molar-refractivity contribution in [1.29, 1.82) is 0 Å². The van der Waals surface area contributed by atoms with E-state index < -0.39 is 0 Å². The summed E-state index contributed by atoms with van der Waals surface area (Å²) in [5.74, 6) is 0. The molecule has 2 nitrogen and oxygen atoms in total. The Hall–Kier alpha value is -0.0800. The lowest BCUT2D eigenvalue weighted by Crippen LogP contribution is -2.39. The van der Waals surface area contributed by atoms with Crippen LogP contribution in [0.15, 0.2) is 0 Å². The molecule has 0 aromatic rings. The van der Waals surface area contributed by atoms with Crippen molar-refractivity contribution in [3.8, 4) is 0 Å². The van der Waals surface area contributed by atoms with Gasteiger partial charge < -0.3 is 10.5 Å². The number of hydrogen-bond donors (Lipinski definition) is 1. The number of methoxy groups -OCH3 is 1. The van der Waals surface area contributed by atoms with Crippen LogP contribution >= 0.6 is 0 Å². The third-order valence-corrected chi connectivity index (χ3v) is 2.97. The Morgan fingerprint density at radius 2 is 2.18 bits per heavy atom. The molecule has 0 bridgehead atoms. The molecule has 0 aromatic carbocycles. The van der Waals surface area contributed by atoms with Crippen molar-refractivity contribution in [3.63, 3.8) is 0 Å². The fraction of sp³-hybridized carbons (Fsp3) is 1.00. The van der Waals surface area contributed by atoms with E-state index in [-0.39, 0.29) is 0 Å². The Labute approximate surface area is 69.1 Å². The van der Waals surface area contributed by atoms with Gasteiger partial charge in [0.25, 0.3) is 0 Å². The average molecular weight is 157 g/mol. The van der Waals surface area contributed by atoms with Crippen molar-refractivity contribution >= 4 is 0 Å². The summed E-state index contributed by atoms with van der Waals surface area (Å²) < 4.78 is 5.23. The van der Waals surface area contributed by atoms with Crippen LogP contribution in [0.4, 0.5) is 0 Å². The SMILES string of the molecule is COC(C)CC1(CN)CCC1. The van der Waals surface area contributed by atoms with Gasteiger partial charge in [-0.05, 0) is 38.1 Å². The largest absolute Gasteiger partial charge is 0.382 e. The van der Waals surface area contributed by atoms with Crippen LogP contribution in [0.2, 0.25) is 0 Å². The second kappa shape index (κ2) is 3.55. The van der Waals surface area contributed by atoms with Gasteiger partial charge in [-0.1, -0.05) is 6.42 Å². The second-order valence-electron chi connectivity index (χ2n) is 3.81. The summed E-state index contributed by atoms with van der Waals surface area (Å²) in [7, 11) is 1.77. The molecule has 0 aromatic heterocycles. The quantitative estimate of drug-likeness (QED) is 0.672. The van der Waals surface area contributed by atoms with Gasteiger partial charge in [0.15, 0.2) is 0 Å². The van der Waals surface area contributed by atoms with E-state index in [0.717, 1.165) is 13.0 Å². The van der Waals surface area contributed by atoms with E-state index >= 15 is 0 Å². The number of nitrogens with two attached hydrogens (primary N) is 1. The highest BCUT2D eigenvalue weighted by molar-refractivity contribution is 4.89. The van der Waals surface area contributed by atoms with Gasteiger partial charge in [-0.3, -0.25) is 0 Å². The predicted octanol–water partition coefficient (Wildman–Crippen LogP) is 1.54. The molecular weight excluding hydrogens is 138 g/mol. The standard InChI is InChI=1S/C9H19NO/c1-8(11-2)6-9(7-10)4-3-5-9/h8H,3-7,10H2,1-2H3. The lowest BCUT2D eigenvalue weighted by molar-refractivity contribution is 0.0285. The fourth-order valence-corrected chi connectivity index (χ4v) is 1.86. The van der Waals surface area contributed by atoms with E-state index in [1.807, 2.05) is 0 Å². The maximum absolute atomic E-state index is 5.72. The molecule has 0 spiro atoms. The monoisotopic (exact) mass is 157 g/mol. The molecule has 1 fully saturated rings. The summed E-state index contributed by atoms with van der Waals surface area (Å²) in [5, 5.41) is 0. The van der Waals surface area contributed by atoms with Crippen molar-refractivity contribution in [2.75, 3.05) is 13.7 Å². The third-order valence-electron chi connectivity index (χ3n) is 2.97. The lowest BCUT2D eigenvalue weighted by atomic mass is 9.66. The van der Waals surface area contributed by atoms with Gasteiger partial charge >= 0.3 is 0 Å². The zero-order chi connectivity index (χ0) is 8.32. The van der Waals surface area contributed by atoms with Crippen molar-refractivity contribution in [1.82, 2.24) is 0 Å². The van der Waals surface area contributed by atoms with Crippen LogP contribution in [-0.4, -0.2) is 19.8 Å². The minimum atomic E-state index is 0.374. The van der Waals surface area contributed by atoms with E-state index in [0.29, 0.717) is 11.5 Å². The molecule has 0 aliphatic heterocycles. The number of hydrogen-bond acceptors (Lipinski definition) is 2. The van der Waals surface area contributed by atoms with Crippen LogP contribution in [0.25, 0.3) is 0 Å². The average Bonchev–Trinajstić information content (AvgIpc) is 1.96. The minimum Gasteiger partial charge on any atom is -0.382 e. The highest BCUT2D eigenvalue weighted by Crippen LogP contribution is 2.43. The summed E-state index contributed by atoms with van der Waals surface area (Å²) in [6.07, 6.45) is 5.47. The first kappa shape index (κ1) is 9.01. The van der Waals surface area contributed by atoms with Crippen LogP contribution in [0.5, 0.6) is 0 Å². The van der Waals surface area contributed by atoms with Crippen LogP contribution < -0.4 is 5.73 Å². The van der Waals surface area contributed by atoms with Gasteiger partial charge in [0.2, 0.25) is 0 Å². The molecule has 11 heavy (non-hydrogen) atoms. The molecule has 66 valence electrons. The molecule has 2 N–H and O–H groups in total. The molecule has 0 amide bonds. The molecule has 1 atom stereocenters. The Kier molecular flexibility index (Phi) is 2.90. The first-order valence-corrected chi connectivity index (χ1v) is 4.45. The molecule has 0 saturated heterocycles. The van der Waals surface area contributed by atoms with Crippen molar-refractivity contribution < 1.29 is 4.74 Å². The predicted molar refractivity (Wildman–Crippen MR) is 46.4 cm³/mol. The molecular formula is C9H19NO. The summed E-state index contributed by atoms with van der Waals surface area (Å²) in [6, 6.07) is 0. The van der Waals surface area contributed by atoms with Crippen molar-refractivity contribution in [2.24, 2.45) is 11.1 Å². The Balaban J connectivity index is 2.32. The first-order chi connectivity index (χ1) is 5.22. The van der Waals surface area contributed by atoms with E-state index in [1.54, 1.807) is 7.11 Å². The fourth-order valence-electron chi connectivity index (χ4n) is 1.86. The van der Waals surface area contributed by atoms with Gasteiger partial charge in [0.1, 0.15) is 0 Å². The van der Waals surface area contributed by atoms with E-state index in [2.05, 4.69) is 6.92 Å². The van der Waals surface area contributed by atoms with Gasteiger partial charge in [-0.2, -0.15) is 0 Å². The van der Waals surface area contributed by atoms with E-state index in [1.165, 1.54) is 19.3 Å². The third kappa shape index (κ3) is 1.94. The Bertz CT molecular complexity index is 115. The summed E-state index contributed by atoms with van der Waals surface area (Å²) in [4.78, 5) is 0. The molecule has 1 saturated carbocycles. The maximum Gasteiger partial charge on any atom is 0.0549 e. The summed E-state index contributed by atoms with van der Waals surface area (Å²) >= 11 is 0. The second-order valence-corrected chi connectivity index (χ2v) is 3.81. The first-order valence-electron chi connectivity index (χ1n) is 4.45. The van der Waals surface area contributed by atoms with Crippen LogP contribution in [0.1, 0.15) is 32.6 Å². The molecule has 2 heteroatoms. The zero-order valence-corrected chi connectivity index (χ0v) is 7.60. The highest BCUT2D eigenvalue weighted by Gasteiger charge is 2.36. The van der Waals surface area contributed by atoms with Gasteiger partial charge in [0.05, 0.1) is 6.10 Å². The minimum absolute atomic E-state index is 0.374. The number of ether oxygens (including phenoxy) is 1. The zero-order valence-electron chi connectivity index (χ0n) is 7.60. The normalized spacial score (nSPS) is 24.3. The smallest absolute Gasteiger partial charge is 0.0549 e. The highest BCUT2D eigenvalue weighted by atomic mass is 16.5. The molecule has 1 aliphatic rings. The number of rotatable bonds is 4. The summed E-state index contributed by atoms with van der Waals surface area (Å²) in [5.41, 5.74) is 6.16. The van der Waals surface area contributed by atoms with Crippen LogP contribution in [0, 0.1) is 5.41 Å². The Morgan fingerprint density at radius 1 is 1.55 bits per heavy atom. The molecule has 1 rings (SSSR count). The lowest BCUT2D eigenvalue weighted by Gasteiger charge is -2.42. The van der Waals surface area contributed by atoms with E-state index in [9.17, 15) is 0 Å². The van der Waals surface area contributed by atoms with Crippen molar-refractivity contribution in [3.05, 3.63) is 0 Å². The molecule has 1 aliphatic carbocycles. The van der Waals surface area contributed by atoms with Gasteiger partial charge in [-0.25, -0.2) is 0 Å². The Morgan fingerprint density at radius 3 is 2.45 bits per heavy atom. The van der Waals surface area contributed by atoms with Crippen LogP contribution in [-0.2, 0) is 4.74 Å². The van der Waals surface area contributed by atoms with E-state index in [4.69, 9.17) is 10.5 Å².